The minimum absolute atomic E-state index is 1.42. The van der Waals surface area contributed by atoms with Gasteiger partial charge in [-0.3, -0.25) is 0 Å². The summed E-state index contributed by atoms with van der Waals surface area (Å²) in [6.45, 7) is -5.04. The van der Waals surface area contributed by atoms with Gasteiger partial charge in [0, 0.05) is 0 Å². The summed E-state index contributed by atoms with van der Waals surface area (Å²) in [4.78, 5) is 0. The first-order valence-corrected chi connectivity index (χ1v) is 21.1. The van der Waals surface area contributed by atoms with Crippen LogP contribution < -0.4 is 31.8 Å². The minimum atomic E-state index is -2.52. The van der Waals surface area contributed by atoms with Crippen molar-refractivity contribution in [3.63, 3.8) is 0 Å². The summed E-state index contributed by atoms with van der Waals surface area (Å²) in [6, 6.07) is 67.3. The van der Waals surface area contributed by atoms with Crippen LogP contribution >= 0.6 is 33.8 Å². The molecule has 6 aromatic rings. The quantitative estimate of drug-likeness (QED) is 0.125. The maximum atomic E-state index is 2.34. The van der Waals surface area contributed by atoms with E-state index in [2.05, 4.69) is 203 Å². The fourth-order valence-electron chi connectivity index (χ4n) is 5.45. The molecule has 0 unspecified atom stereocenters. The van der Waals surface area contributed by atoms with Crippen LogP contribution in [0.4, 0.5) is 0 Å². The average Bonchev–Trinajstić information content (AvgIpc) is 3.06. The van der Waals surface area contributed by atoms with E-state index in [-0.39, 0.29) is 0 Å². The Hall–Kier alpha value is -3.12. The van der Waals surface area contributed by atoms with E-state index >= 15 is 0 Å². The van der Waals surface area contributed by atoms with Crippen molar-refractivity contribution >= 4 is 65.6 Å². The molecule has 0 saturated carbocycles. The zero-order chi connectivity index (χ0) is 27.1. The Kier molecular flexibility index (Phi) is 8.52. The third kappa shape index (κ3) is 5.18. The van der Waals surface area contributed by atoms with E-state index in [9.17, 15) is 0 Å². The molecule has 0 amide bonds. The number of benzene rings is 6. The van der Waals surface area contributed by atoms with E-state index in [1.807, 2.05) is 0 Å². The van der Waals surface area contributed by atoms with Gasteiger partial charge in [-0.2, -0.15) is 0 Å². The predicted octanol–water partition coefficient (Wildman–Crippen LogP) is 7.65. The third-order valence-corrected chi connectivity index (χ3v) is 28.3. The Morgan fingerprint density at radius 3 is 0.525 bits per heavy atom. The predicted molar refractivity (Wildman–Crippen MR) is 188 cm³/mol. The normalized spacial score (nSPS) is 12.5. The van der Waals surface area contributed by atoms with Gasteiger partial charge in [-0.1, -0.05) is 0 Å². The van der Waals surface area contributed by atoms with Crippen molar-refractivity contribution in [1.82, 2.24) is 0 Å². The molecule has 0 aromatic heterocycles. The SMILES string of the molecule is c1ccc([PH](SS[PH](c2ccccc2)(c2ccccc2)c2ccccc2)(c2ccccc2)c2ccccc2)cc1. The molecule has 0 aliphatic carbocycles. The van der Waals surface area contributed by atoms with E-state index in [4.69, 9.17) is 0 Å². The van der Waals surface area contributed by atoms with Crippen LogP contribution in [0.5, 0.6) is 0 Å². The van der Waals surface area contributed by atoms with Crippen LogP contribution in [0.2, 0.25) is 0 Å². The van der Waals surface area contributed by atoms with Gasteiger partial charge in [-0.15, -0.1) is 0 Å². The second kappa shape index (κ2) is 12.6. The van der Waals surface area contributed by atoms with Crippen molar-refractivity contribution < 1.29 is 0 Å². The zero-order valence-corrected chi connectivity index (χ0v) is 25.8. The molecule has 0 aliphatic rings. The molecule has 0 saturated heterocycles. The van der Waals surface area contributed by atoms with Gasteiger partial charge < -0.3 is 0 Å². The van der Waals surface area contributed by atoms with Crippen LogP contribution in [0, 0.1) is 0 Å². The summed E-state index contributed by atoms with van der Waals surface area (Å²) in [5, 5.41) is 8.51. The molecule has 0 fully saturated rings. The van der Waals surface area contributed by atoms with Crippen molar-refractivity contribution in [2.45, 2.75) is 0 Å². The molecule has 6 rings (SSSR count). The zero-order valence-electron chi connectivity index (χ0n) is 22.1. The molecule has 0 aliphatic heterocycles. The molecule has 0 bridgehead atoms. The van der Waals surface area contributed by atoms with E-state index in [1.165, 1.54) is 31.8 Å². The van der Waals surface area contributed by atoms with Crippen LogP contribution in [-0.4, -0.2) is 0 Å². The summed E-state index contributed by atoms with van der Waals surface area (Å²) in [6.07, 6.45) is 0. The van der Waals surface area contributed by atoms with Gasteiger partial charge in [0.05, 0.1) is 0 Å². The second-order valence-electron chi connectivity index (χ2n) is 9.73. The first-order chi connectivity index (χ1) is 19.8. The van der Waals surface area contributed by atoms with E-state index in [0.29, 0.717) is 0 Å². The van der Waals surface area contributed by atoms with Crippen molar-refractivity contribution in [3.8, 4) is 0 Å². The Balaban J connectivity index is 1.62. The van der Waals surface area contributed by atoms with Crippen molar-refractivity contribution in [3.05, 3.63) is 182 Å². The summed E-state index contributed by atoms with van der Waals surface area (Å²) < 4.78 is 0. The summed E-state index contributed by atoms with van der Waals surface area (Å²) >= 11 is 0. The standard InChI is InChI=1S/C36H32P2S2/c1-7-19-31(20-8-1)37(32-21-9-2-10-22-32,33-23-11-3-12-24-33)39-40-38(34-25-13-4-14-26-34,35-27-15-5-16-28-35)36-29-17-6-18-30-36/h1-30,37-38H. The molecular weight excluding hydrogens is 558 g/mol. The second-order valence-corrected chi connectivity index (χ2v) is 23.9. The molecule has 6 aromatic carbocycles. The van der Waals surface area contributed by atoms with Crippen LogP contribution in [0.15, 0.2) is 182 Å². The van der Waals surface area contributed by atoms with E-state index < -0.39 is 12.9 Å². The Bertz CT molecular complexity index is 1290. The molecule has 4 heteroatoms. The van der Waals surface area contributed by atoms with Crippen LogP contribution in [0.1, 0.15) is 0 Å². The van der Waals surface area contributed by atoms with E-state index in [1.54, 1.807) is 0 Å². The monoisotopic (exact) mass is 590 g/mol. The Morgan fingerprint density at radius 2 is 0.375 bits per heavy atom. The van der Waals surface area contributed by atoms with Gasteiger partial charge in [0.2, 0.25) is 0 Å². The Labute approximate surface area is 246 Å². The van der Waals surface area contributed by atoms with Gasteiger partial charge in [-0.25, -0.2) is 0 Å². The van der Waals surface area contributed by atoms with Crippen molar-refractivity contribution in [1.29, 1.82) is 0 Å². The first-order valence-electron chi connectivity index (χ1n) is 13.5. The van der Waals surface area contributed by atoms with Gasteiger partial charge in [0.15, 0.2) is 0 Å². The van der Waals surface area contributed by atoms with Gasteiger partial charge in [0.25, 0.3) is 0 Å². The van der Waals surface area contributed by atoms with Crippen LogP contribution in [0.3, 0.4) is 0 Å². The molecule has 0 radical (unpaired) electrons. The topological polar surface area (TPSA) is 0 Å². The number of hydrogen-bond donors (Lipinski definition) is 0. The van der Waals surface area contributed by atoms with Crippen LogP contribution in [-0.2, 0) is 0 Å². The fraction of sp³-hybridized carbons (Fsp3) is 0. The molecular formula is C36H32P2S2. The van der Waals surface area contributed by atoms with Crippen molar-refractivity contribution in [2.75, 3.05) is 0 Å². The molecule has 40 heavy (non-hydrogen) atoms. The molecule has 198 valence electrons. The molecule has 0 N–H and O–H groups in total. The summed E-state index contributed by atoms with van der Waals surface area (Å²) in [5.41, 5.74) is 0. The molecule has 0 nitrogen and oxygen atoms in total. The third-order valence-electron chi connectivity index (χ3n) is 7.37. The fourth-order valence-corrected chi connectivity index (χ4v) is 31.4. The maximum absolute atomic E-state index is 2.52. The van der Waals surface area contributed by atoms with E-state index in [0.717, 1.165) is 0 Å². The molecule has 0 heterocycles. The summed E-state index contributed by atoms with van der Waals surface area (Å²) in [5.74, 6) is 0. The van der Waals surface area contributed by atoms with Gasteiger partial charge in [-0.05, 0) is 0 Å². The number of hydrogen-bond acceptors (Lipinski definition) is 2. The van der Waals surface area contributed by atoms with Crippen LogP contribution in [0.25, 0.3) is 0 Å². The summed E-state index contributed by atoms with van der Waals surface area (Å²) in [7, 11) is 4.27. The van der Waals surface area contributed by atoms with Gasteiger partial charge >= 0.3 is 248 Å². The van der Waals surface area contributed by atoms with Gasteiger partial charge in [0.1, 0.15) is 0 Å². The Morgan fingerprint density at radius 1 is 0.225 bits per heavy atom. The number of rotatable bonds is 9. The first kappa shape index (κ1) is 27.1. The molecule has 0 spiro atoms. The molecule has 0 atom stereocenters. The average molecular weight is 591 g/mol. The van der Waals surface area contributed by atoms with Crippen molar-refractivity contribution in [2.24, 2.45) is 0 Å².